The molecule has 194 valence electrons. The van der Waals surface area contributed by atoms with Gasteiger partial charge in [0.1, 0.15) is 5.00 Å². The maximum Gasteiger partial charge on any atom is 0.256 e. The number of benzene rings is 1. The predicted molar refractivity (Wildman–Crippen MR) is 139 cm³/mol. The average molecular weight is 533 g/mol. The average Bonchev–Trinajstić information content (AvgIpc) is 3.20. The van der Waals surface area contributed by atoms with Gasteiger partial charge in [-0.05, 0) is 56.0 Å². The summed E-state index contributed by atoms with van der Waals surface area (Å²) in [5.41, 5.74) is 1.61. The number of hydrogen-bond acceptors (Lipinski definition) is 6. The molecule has 0 saturated carbocycles. The number of sulfonamides is 1. The van der Waals surface area contributed by atoms with E-state index in [0.717, 1.165) is 29.7 Å². The smallest absolute Gasteiger partial charge is 0.256 e. The van der Waals surface area contributed by atoms with E-state index < -0.39 is 15.9 Å². The zero-order valence-electron chi connectivity index (χ0n) is 21.0. The Morgan fingerprint density at radius 3 is 2.39 bits per heavy atom. The Morgan fingerprint density at radius 1 is 1.08 bits per heavy atom. The molecule has 0 aliphatic carbocycles. The van der Waals surface area contributed by atoms with Crippen LogP contribution in [0.15, 0.2) is 29.2 Å². The van der Waals surface area contributed by atoms with E-state index in [1.165, 1.54) is 51.7 Å². The van der Waals surface area contributed by atoms with E-state index >= 15 is 0 Å². The van der Waals surface area contributed by atoms with Gasteiger partial charge in [0.15, 0.2) is 0 Å². The van der Waals surface area contributed by atoms with E-state index in [4.69, 9.17) is 0 Å². The molecule has 9 nitrogen and oxygen atoms in total. The highest BCUT2D eigenvalue weighted by molar-refractivity contribution is 7.89. The van der Waals surface area contributed by atoms with Crippen LogP contribution in [0.1, 0.15) is 64.3 Å². The van der Waals surface area contributed by atoms with Crippen molar-refractivity contribution >= 4 is 44.1 Å². The standard InChI is InChI=1S/C25H32N4O5S2/c1-16-7-5-6-13-29(16)36(33,34)19-10-8-18(9-11-19)23(31)26-24-22(25(32)27(3)4)20-12-14-28(17(2)30)15-21(20)35-24/h8-11,16H,5-7,12-15H2,1-4H3,(H,26,31). The molecule has 4 rings (SSSR count). The minimum atomic E-state index is -3.63. The normalized spacial score (nSPS) is 18.4. The first-order valence-electron chi connectivity index (χ1n) is 12.1. The molecule has 1 fully saturated rings. The van der Waals surface area contributed by atoms with E-state index in [0.29, 0.717) is 42.2 Å². The second-order valence-corrected chi connectivity index (χ2v) is 12.5. The lowest BCUT2D eigenvalue weighted by Gasteiger charge is -2.32. The van der Waals surface area contributed by atoms with Crippen molar-refractivity contribution < 1.29 is 22.8 Å². The van der Waals surface area contributed by atoms with Gasteiger partial charge in [0, 0.05) is 50.6 Å². The monoisotopic (exact) mass is 532 g/mol. The molecule has 0 bridgehead atoms. The molecule has 11 heteroatoms. The second-order valence-electron chi connectivity index (χ2n) is 9.54. The molecular weight excluding hydrogens is 500 g/mol. The number of anilines is 1. The van der Waals surface area contributed by atoms with E-state index in [-0.39, 0.29) is 22.8 Å². The van der Waals surface area contributed by atoms with Crippen molar-refractivity contribution in [1.29, 1.82) is 0 Å². The fourth-order valence-electron chi connectivity index (χ4n) is 4.73. The van der Waals surface area contributed by atoms with Gasteiger partial charge in [0.05, 0.1) is 17.0 Å². The maximum absolute atomic E-state index is 13.1. The van der Waals surface area contributed by atoms with Gasteiger partial charge in [-0.1, -0.05) is 6.42 Å². The molecule has 2 aliphatic heterocycles. The summed E-state index contributed by atoms with van der Waals surface area (Å²) in [6.45, 7) is 4.86. The molecule has 2 aliphatic rings. The highest BCUT2D eigenvalue weighted by Crippen LogP contribution is 2.38. The number of piperidine rings is 1. The summed E-state index contributed by atoms with van der Waals surface area (Å²) in [5.74, 6) is -0.676. The third-order valence-electron chi connectivity index (χ3n) is 6.81. The fraction of sp³-hybridized carbons (Fsp3) is 0.480. The van der Waals surface area contributed by atoms with Gasteiger partial charge in [-0.25, -0.2) is 8.42 Å². The van der Waals surface area contributed by atoms with Crippen LogP contribution in [0, 0.1) is 0 Å². The Bertz CT molecular complexity index is 1280. The van der Waals surface area contributed by atoms with E-state index in [2.05, 4.69) is 5.32 Å². The van der Waals surface area contributed by atoms with Crippen LogP contribution in [-0.2, 0) is 27.8 Å². The topological polar surface area (TPSA) is 107 Å². The molecule has 3 heterocycles. The maximum atomic E-state index is 13.1. The Balaban J connectivity index is 1.58. The van der Waals surface area contributed by atoms with Crippen molar-refractivity contribution in [3.63, 3.8) is 0 Å². The third kappa shape index (κ3) is 5.05. The van der Waals surface area contributed by atoms with Gasteiger partial charge in [-0.3, -0.25) is 14.4 Å². The number of carbonyl (C=O) groups excluding carboxylic acids is 3. The molecule has 1 aromatic carbocycles. The van der Waals surface area contributed by atoms with Crippen molar-refractivity contribution in [2.24, 2.45) is 0 Å². The Labute approximate surface area is 216 Å². The molecule has 36 heavy (non-hydrogen) atoms. The Hall–Kier alpha value is -2.76. The lowest BCUT2D eigenvalue weighted by molar-refractivity contribution is -0.129. The molecule has 2 aromatic rings. The van der Waals surface area contributed by atoms with E-state index in [1.54, 1.807) is 19.0 Å². The fourth-order valence-corrected chi connectivity index (χ4v) is 7.68. The van der Waals surface area contributed by atoms with Crippen LogP contribution in [0.5, 0.6) is 0 Å². The van der Waals surface area contributed by atoms with Crippen molar-refractivity contribution in [1.82, 2.24) is 14.1 Å². The van der Waals surface area contributed by atoms with E-state index in [9.17, 15) is 22.8 Å². The van der Waals surface area contributed by atoms with Crippen molar-refractivity contribution in [3.8, 4) is 0 Å². The SMILES string of the molecule is CC(=O)N1CCc2c(sc(NC(=O)c3ccc(S(=O)(=O)N4CCCCC4C)cc3)c2C(=O)N(C)C)C1. The summed E-state index contributed by atoms with van der Waals surface area (Å²) >= 11 is 1.30. The molecule has 1 atom stereocenters. The number of fused-ring (bicyclic) bond motifs is 1. The van der Waals surface area contributed by atoms with Gasteiger partial charge < -0.3 is 15.1 Å². The number of thiophene rings is 1. The predicted octanol–water partition coefficient (Wildman–Crippen LogP) is 3.17. The summed E-state index contributed by atoms with van der Waals surface area (Å²) in [4.78, 5) is 42.2. The van der Waals surface area contributed by atoms with Gasteiger partial charge in [0.2, 0.25) is 15.9 Å². The summed E-state index contributed by atoms with van der Waals surface area (Å²) in [7, 11) is -0.318. The molecule has 1 aromatic heterocycles. The highest BCUT2D eigenvalue weighted by atomic mass is 32.2. The van der Waals surface area contributed by atoms with Crippen molar-refractivity contribution in [3.05, 3.63) is 45.8 Å². The first-order chi connectivity index (χ1) is 17.0. The van der Waals surface area contributed by atoms with Crippen molar-refractivity contribution in [2.75, 3.05) is 32.5 Å². The number of amides is 3. The van der Waals surface area contributed by atoms with E-state index in [1.807, 2.05) is 6.92 Å². The van der Waals surface area contributed by atoms with Crippen LogP contribution in [0.2, 0.25) is 0 Å². The number of carbonyl (C=O) groups is 3. The molecule has 1 unspecified atom stereocenters. The van der Waals surface area contributed by atoms with Gasteiger partial charge >= 0.3 is 0 Å². The molecule has 1 saturated heterocycles. The number of hydrogen-bond donors (Lipinski definition) is 1. The molecule has 0 radical (unpaired) electrons. The van der Waals surface area contributed by atoms with Crippen LogP contribution in [0.3, 0.4) is 0 Å². The van der Waals surface area contributed by atoms with Crippen molar-refractivity contribution in [2.45, 2.75) is 57.0 Å². The minimum Gasteiger partial charge on any atom is -0.345 e. The number of rotatable bonds is 5. The molecule has 0 spiro atoms. The minimum absolute atomic E-state index is 0.0332. The third-order valence-corrected chi connectivity index (χ3v) is 9.97. The zero-order chi connectivity index (χ0) is 26.2. The largest absolute Gasteiger partial charge is 0.345 e. The summed E-state index contributed by atoms with van der Waals surface area (Å²) in [5, 5.41) is 3.30. The number of nitrogens with one attached hydrogen (secondary N) is 1. The van der Waals surface area contributed by atoms with Crippen LogP contribution < -0.4 is 5.32 Å². The van der Waals surface area contributed by atoms with Gasteiger partial charge in [0.25, 0.3) is 11.8 Å². The van der Waals surface area contributed by atoms with Crippen LogP contribution in [0.25, 0.3) is 0 Å². The Kier molecular flexibility index (Phi) is 7.53. The number of nitrogens with zero attached hydrogens (tertiary/aromatic N) is 3. The van der Waals surface area contributed by atoms with Gasteiger partial charge in [-0.2, -0.15) is 4.31 Å². The zero-order valence-corrected chi connectivity index (χ0v) is 22.7. The van der Waals surface area contributed by atoms with Crippen LogP contribution in [0.4, 0.5) is 5.00 Å². The molecule has 1 N–H and O–H groups in total. The van der Waals surface area contributed by atoms with Gasteiger partial charge in [-0.15, -0.1) is 11.3 Å². The lowest BCUT2D eigenvalue weighted by Crippen LogP contribution is -2.41. The quantitative estimate of drug-likeness (QED) is 0.637. The van der Waals surface area contributed by atoms with Crippen LogP contribution in [-0.4, -0.2) is 73.5 Å². The highest BCUT2D eigenvalue weighted by Gasteiger charge is 2.32. The first kappa shape index (κ1) is 26.3. The molecular formula is C25H32N4O5S2. The lowest BCUT2D eigenvalue weighted by atomic mass is 10.0. The van der Waals surface area contributed by atoms with Crippen LogP contribution >= 0.6 is 11.3 Å². The summed E-state index contributed by atoms with van der Waals surface area (Å²) in [6.07, 6.45) is 3.23. The Morgan fingerprint density at radius 2 is 1.78 bits per heavy atom. The summed E-state index contributed by atoms with van der Waals surface area (Å²) < 4.78 is 27.7. The summed E-state index contributed by atoms with van der Waals surface area (Å²) in [6, 6.07) is 5.86. The first-order valence-corrected chi connectivity index (χ1v) is 14.3. The second kappa shape index (κ2) is 10.3. The molecule has 3 amide bonds.